The second-order valence-electron chi connectivity index (χ2n) is 9.55. The minimum Gasteiger partial charge on any atom is -0.372 e. The zero-order valence-electron chi connectivity index (χ0n) is 19.6. The topological polar surface area (TPSA) is 53.1 Å². The molecule has 2 heterocycles. The molecule has 2 atom stereocenters. The molecule has 3 aliphatic rings. The number of piperazine rings is 1. The third-order valence-electron chi connectivity index (χ3n) is 7.27. The fourth-order valence-electron chi connectivity index (χ4n) is 5.49. The Hall–Kier alpha value is -2.13. The number of carbonyl (C=O) groups excluding carboxylic acids is 2. The Labute approximate surface area is 199 Å². The second kappa shape index (κ2) is 11.1. The normalized spacial score (nSPS) is 23.7. The Kier molecular flexibility index (Phi) is 8.14. The van der Waals surface area contributed by atoms with Crippen molar-refractivity contribution >= 4 is 17.5 Å². The van der Waals surface area contributed by atoms with Crippen LogP contribution in [0.5, 0.6) is 0 Å². The Bertz CT molecular complexity index is 855. The highest BCUT2D eigenvalue weighted by atomic mass is 19.4. The Morgan fingerprint density at radius 1 is 0.941 bits per heavy atom. The standard InChI is InChI=1S/C25H34F3N3O3/c26-25(27,28)18-34-17-5-11-29-13-15-30(16-14-29)23(32)20-7-2-3-8-21(20)24(33)31-12-10-19-6-1-4-9-22(19)31/h1,4,6,9,20-21H,2-3,5,7-8,10-18H2. The maximum Gasteiger partial charge on any atom is 0.411 e. The lowest BCUT2D eigenvalue weighted by Gasteiger charge is -2.39. The number of amides is 2. The molecule has 1 saturated carbocycles. The number of alkyl halides is 3. The van der Waals surface area contributed by atoms with Crippen molar-refractivity contribution in [3.63, 3.8) is 0 Å². The van der Waals surface area contributed by atoms with Gasteiger partial charge in [-0.05, 0) is 37.3 Å². The third-order valence-corrected chi connectivity index (χ3v) is 7.27. The van der Waals surface area contributed by atoms with Crippen LogP contribution in [0.4, 0.5) is 18.9 Å². The van der Waals surface area contributed by atoms with E-state index in [0.29, 0.717) is 45.7 Å². The van der Waals surface area contributed by atoms with Crippen LogP contribution in [0.15, 0.2) is 24.3 Å². The summed E-state index contributed by atoms with van der Waals surface area (Å²) in [5, 5.41) is 0. The van der Waals surface area contributed by atoms with Crippen molar-refractivity contribution in [1.82, 2.24) is 9.80 Å². The highest BCUT2D eigenvalue weighted by Crippen LogP contribution is 2.36. The number of hydrogen-bond acceptors (Lipinski definition) is 4. The maximum absolute atomic E-state index is 13.5. The zero-order chi connectivity index (χ0) is 24.1. The molecule has 0 N–H and O–H groups in total. The Balaban J connectivity index is 1.27. The SMILES string of the molecule is O=C(C1CCCCC1C(=O)N1CCc2ccccc21)N1CCN(CCCOCC(F)(F)F)CC1. The van der Waals surface area contributed by atoms with Gasteiger partial charge in [0.15, 0.2) is 0 Å². The van der Waals surface area contributed by atoms with Gasteiger partial charge >= 0.3 is 6.18 Å². The summed E-state index contributed by atoms with van der Waals surface area (Å²) >= 11 is 0. The van der Waals surface area contributed by atoms with Gasteiger partial charge in [0, 0.05) is 57.5 Å². The molecule has 0 bridgehead atoms. The largest absolute Gasteiger partial charge is 0.411 e. The molecule has 0 aromatic heterocycles. The lowest BCUT2D eigenvalue weighted by molar-refractivity contribution is -0.174. The van der Waals surface area contributed by atoms with Crippen LogP contribution in [0, 0.1) is 11.8 Å². The lowest BCUT2D eigenvalue weighted by atomic mass is 9.77. The van der Waals surface area contributed by atoms with Gasteiger partial charge in [-0.15, -0.1) is 0 Å². The fourth-order valence-corrected chi connectivity index (χ4v) is 5.49. The molecule has 1 aliphatic carbocycles. The fraction of sp³-hybridized carbons (Fsp3) is 0.680. The van der Waals surface area contributed by atoms with E-state index in [1.807, 2.05) is 28.0 Å². The van der Waals surface area contributed by atoms with E-state index >= 15 is 0 Å². The van der Waals surface area contributed by atoms with Gasteiger partial charge in [-0.3, -0.25) is 14.5 Å². The van der Waals surface area contributed by atoms with Crippen molar-refractivity contribution in [1.29, 1.82) is 0 Å². The van der Waals surface area contributed by atoms with Crippen LogP contribution in [0.25, 0.3) is 0 Å². The van der Waals surface area contributed by atoms with E-state index < -0.39 is 12.8 Å². The van der Waals surface area contributed by atoms with E-state index in [0.717, 1.165) is 37.8 Å². The van der Waals surface area contributed by atoms with E-state index in [-0.39, 0.29) is 30.3 Å². The van der Waals surface area contributed by atoms with Crippen LogP contribution in [-0.4, -0.2) is 80.3 Å². The first kappa shape index (κ1) is 25.0. The van der Waals surface area contributed by atoms with Crippen molar-refractivity contribution < 1.29 is 27.5 Å². The molecule has 0 radical (unpaired) electrons. The first-order chi connectivity index (χ1) is 16.3. The Morgan fingerprint density at radius 2 is 1.62 bits per heavy atom. The van der Waals surface area contributed by atoms with Gasteiger partial charge in [-0.2, -0.15) is 13.2 Å². The zero-order valence-corrected chi connectivity index (χ0v) is 19.6. The van der Waals surface area contributed by atoms with Gasteiger partial charge in [0.1, 0.15) is 6.61 Å². The van der Waals surface area contributed by atoms with Crippen molar-refractivity contribution in [3.8, 4) is 0 Å². The first-order valence-corrected chi connectivity index (χ1v) is 12.4. The van der Waals surface area contributed by atoms with E-state index in [2.05, 4.69) is 15.7 Å². The first-order valence-electron chi connectivity index (χ1n) is 12.4. The molecular formula is C25H34F3N3O3. The number of halogens is 3. The number of hydrogen-bond donors (Lipinski definition) is 0. The summed E-state index contributed by atoms with van der Waals surface area (Å²) in [6, 6.07) is 8.01. The molecule has 2 amide bonds. The van der Waals surface area contributed by atoms with Crippen molar-refractivity contribution in [2.24, 2.45) is 11.8 Å². The summed E-state index contributed by atoms with van der Waals surface area (Å²) in [4.78, 5) is 32.9. The number of para-hydroxylation sites is 1. The van der Waals surface area contributed by atoms with E-state index in [1.165, 1.54) is 5.56 Å². The molecule has 0 spiro atoms. The molecule has 6 nitrogen and oxygen atoms in total. The average molecular weight is 482 g/mol. The molecule has 4 rings (SSSR count). The smallest absolute Gasteiger partial charge is 0.372 e. The molecule has 2 fully saturated rings. The van der Waals surface area contributed by atoms with E-state index in [4.69, 9.17) is 0 Å². The third kappa shape index (κ3) is 6.10. The number of carbonyl (C=O) groups is 2. The van der Waals surface area contributed by atoms with Gasteiger partial charge in [0.05, 0.1) is 5.92 Å². The minimum absolute atomic E-state index is 0.0736. The molecular weight excluding hydrogens is 447 g/mol. The number of rotatable bonds is 7. The van der Waals surface area contributed by atoms with Crippen LogP contribution in [-0.2, 0) is 20.7 Å². The molecule has 2 aliphatic heterocycles. The molecule has 9 heteroatoms. The van der Waals surface area contributed by atoms with Gasteiger partial charge in [0.25, 0.3) is 0 Å². The van der Waals surface area contributed by atoms with E-state index in [9.17, 15) is 22.8 Å². The molecule has 1 aromatic carbocycles. The monoisotopic (exact) mass is 481 g/mol. The highest BCUT2D eigenvalue weighted by molar-refractivity contribution is 5.99. The number of ether oxygens (including phenoxy) is 1. The molecule has 2 unspecified atom stereocenters. The predicted molar refractivity (Wildman–Crippen MR) is 122 cm³/mol. The molecule has 34 heavy (non-hydrogen) atoms. The van der Waals surface area contributed by atoms with Crippen molar-refractivity contribution in [2.45, 2.75) is 44.7 Å². The molecule has 1 aromatic rings. The number of nitrogens with zero attached hydrogens (tertiary/aromatic N) is 3. The van der Waals surface area contributed by atoms with Crippen molar-refractivity contribution in [2.75, 3.05) is 57.4 Å². The summed E-state index contributed by atoms with van der Waals surface area (Å²) in [6.45, 7) is 2.76. The van der Waals surface area contributed by atoms with Crippen LogP contribution in [0.2, 0.25) is 0 Å². The number of anilines is 1. The molecule has 188 valence electrons. The summed E-state index contributed by atoms with van der Waals surface area (Å²) in [7, 11) is 0. The van der Waals surface area contributed by atoms with Crippen LogP contribution in [0.1, 0.15) is 37.7 Å². The van der Waals surface area contributed by atoms with Gasteiger partial charge < -0.3 is 14.5 Å². The van der Waals surface area contributed by atoms with Crippen LogP contribution in [0.3, 0.4) is 0 Å². The quantitative estimate of drug-likeness (QED) is 0.560. The van der Waals surface area contributed by atoms with Crippen molar-refractivity contribution in [3.05, 3.63) is 29.8 Å². The molecule has 1 saturated heterocycles. The van der Waals surface area contributed by atoms with Gasteiger partial charge in [-0.1, -0.05) is 31.0 Å². The average Bonchev–Trinajstić information content (AvgIpc) is 3.27. The minimum atomic E-state index is -4.29. The Morgan fingerprint density at radius 3 is 2.32 bits per heavy atom. The van der Waals surface area contributed by atoms with Gasteiger partial charge in [0.2, 0.25) is 11.8 Å². The van der Waals surface area contributed by atoms with E-state index in [1.54, 1.807) is 0 Å². The van der Waals surface area contributed by atoms with Crippen LogP contribution < -0.4 is 4.90 Å². The second-order valence-corrected chi connectivity index (χ2v) is 9.55. The summed E-state index contributed by atoms with van der Waals surface area (Å²) in [6.07, 6.45) is 0.543. The maximum atomic E-state index is 13.5. The van der Waals surface area contributed by atoms with Crippen LogP contribution >= 0.6 is 0 Å². The summed E-state index contributed by atoms with van der Waals surface area (Å²) in [5.74, 6) is -0.369. The summed E-state index contributed by atoms with van der Waals surface area (Å²) in [5.41, 5.74) is 2.17. The lowest BCUT2D eigenvalue weighted by Crippen LogP contribution is -2.53. The number of benzene rings is 1. The predicted octanol–water partition coefficient (Wildman–Crippen LogP) is 3.50. The number of fused-ring (bicyclic) bond motifs is 1. The summed E-state index contributed by atoms with van der Waals surface area (Å²) < 4.78 is 41.1. The van der Waals surface area contributed by atoms with Gasteiger partial charge in [-0.25, -0.2) is 0 Å². The highest BCUT2D eigenvalue weighted by Gasteiger charge is 2.41.